The average molecular weight is 354 g/mol. The van der Waals surface area contributed by atoms with Gasteiger partial charge in [0.1, 0.15) is 12.7 Å². The standard InChI is InChI=1S/C23H18N2O2/c1-15-10-11-16(13-24)22(12-15)25-23(26)27-14-21-19-8-4-2-6-17(19)18-7-3-5-9-20(18)21/h2-12,21H,14H2,1H3,(H,25,26). The molecule has 0 aliphatic heterocycles. The average Bonchev–Trinajstić information content (AvgIpc) is 3.00. The Labute approximate surface area is 158 Å². The molecule has 3 aromatic rings. The molecule has 1 amide bonds. The van der Waals surface area contributed by atoms with Crippen molar-refractivity contribution < 1.29 is 9.53 Å². The third-order valence-electron chi connectivity index (χ3n) is 4.88. The van der Waals surface area contributed by atoms with Crippen LogP contribution in [0.1, 0.15) is 28.2 Å². The van der Waals surface area contributed by atoms with Gasteiger partial charge in [0.05, 0.1) is 11.3 Å². The van der Waals surface area contributed by atoms with E-state index in [1.807, 2.05) is 37.3 Å². The second-order valence-corrected chi connectivity index (χ2v) is 6.61. The minimum atomic E-state index is -0.557. The summed E-state index contributed by atoms with van der Waals surface area (Å²) in [6, 6.07) is 23.8. The largest absolute Gasteiger partial charge is 0.448 e. The van der Waals surface area contributed by atoms with Crippen molar-refractivity contribution in [3.8, 4) is 17.2 Å². The SMILES string of the molecule is Cc1ccc(C#N)c(NC(=O)OCC2c3ccccc3-c3ccccc32)c1. The summed E-state index contributed by atoms with van der Waals surface area (Å²) in [5.74, 6) is 0.0103. The van der Waals surface area contributed by atoms with Crippen LogP contribution in [0.2, 0.25) is 0 Å². The van der Waals surface area contributed by atoms with E-state index in [0.717, 1.165) is 5.56 Å². The molecule has 4 heteroatoms. The molecule has 1 aliphatic carbocycles. The first-order valence-corrected chi connectivity index (χ1v) is 8.80. The van der Waals surface area contributed by atoms with E-state index in [4.69, 9.17) is 4.74 Å². The van der Waals surface area contributed by atoms with Crippen LogP contribution >= 0.6 is 0 Å². The Bertz CT molecular complexity index is 1020. The fourth-order valence-electron chi connectivity index (χ4n) is 3.60. The highest BCUT2D eigenvalue weighted by Crippen LogP contribution is 2.44. The van der Waals surface area contributed by atoms with E-state index in [1.54, 1.807) is 12.1 Å². The molecule has 1 N–H and O–H groups in total. The van der Waals surface area contributed by atoms with E-state index in [0.29, 0.717) is 11.3 Å². The Morgan fingerprint density at radius 2 is 1.67 bits per heavy atom. The number of carbonyl (C=O) groups excluding carboxylic acids is 1. The van der Waals surface area contributed by atoms with E-state index < -0.39 is 6.09 Å². The number of carbonyl (C=O) groups is 1. The van der Waals surface area contributed by atoms with Crippen LogP contribution in [0, 0.1) is 18.3 Å². The van der Waals surface area contributed by atoms with E-state index in [9.17, 15) is 10.1 Å². The van der Waals surface area contributed by atoms with Crippen LogP contribution in [-0.2, 0) is 4.74 Å². The molecule has 0 radical (unpaired) electrons. The molecule has 4 nitrogen and oxygen atoms in total. The number of benzene rings is 3. The summed E-state index contributed by atoms with van der Waals surface area (Å²) in [7, 11) is 0. The van der Waals surface area contributed by atoms with Gasteiger partial charge in [-0.3, -0.25) is 5.32 Å². The number of anilines is 1. The van der Waals surface area contributed by atoms with Crippen molar-refractivity contribution in [2.75, 3.05) is 11.9 Å². The summed E-state index contributed by atoms with van der Waals surface area (Å²) < 4.78 is 5.52. The lowest BCUT2D eigenvalue weighted by molar-refractivity contribution is 0.158. The Kier molecular flexibility index (Phi) is 4.35. The summed E-state index contributed by atoms with van der Waals surface area (Å²) >= 11 is 0. The van der Waals surface area contributed by atoms with Gasteiger partial charge in [-0.2, -0.15) is 5.26 Å². The molecule has 4 rings (SSSR count). The van der Waals surface area contributed by atoms with Gasteiger partial charge in [0.25, 0.3) is 0 Å². The van der Waals surface area contributed by atoms with Crippen LogP contribution < -0.4 is 5.32 Å². The third kappa shape index (κ3) is 3.16. The summed E-state index contributed by atoms with van der Waals surface area (Å²) in [6.07, 6.45) is -0.557. The third-order valence-corrected chi connectivity index (χ3v) is 4.88. The van der Waals surface area contributed by atoms with Crippen LogP contribution in [0.15, 0.2) is 66.7 Å². The molecule has 0 saturated heterocycles. The molecule has 0 bridgehead atoms. The van der Waals surface area contributed by atoms with E-state index in [1.165, 1.54) is 22.3 Å². The van der Waals surface area contributed by atoms with Crippen LogP contribution in [-0.4, -0.2) is 12.7 Å². The molecule has 0 saturated carbocycles. The molecule has 0 aromatic heterocycles. The Hall–Kier alpha value is -3.58. The van der Waals surface area contributed by atoms with Gasteiger partial charge in [-0.25, -0.2) is 4.79 Å². The number of nitriles is 1. The van der Waals surface area contributed by atoms with Crippen molar-refractivity contribution in [2.45, 2.75) is 12.8 Å². The lowest BCUT2D eigenvalue weighted by Gasteiger charge is -2.15. The van der Waals surface area contributed by atoms with Crippen LogP contribution in [0.25, 0.3) is 11.1 Å². The van der Waals surface area contributed by atoms with Crippen molar-refractivity contribution in [3.05, 3.63) is 89.0 Å². The molecule has 132 valence electrons. The fraction of sp³-hybridized carbons (Fsp3) is 0.130. The second-order valence-electron chi connectivity index (χ2n) is 6.61. The maximum Gasteiger partial charge on any atom is 0.411 e. The first kappa shape index (κ1) is 16.9. The van der Waals surface area contributed by atoms with Crippen molar-refractivity contribution >= 4 is 11.8 Å². The molecule has 0 fully saturated rings. The number of nitrogens with zero attached hydrogens (tertiary/aromatic N) is 1. The molecular formula is C23H18N2O2. The molecule has 0 unspecified atom stereocenters. The van der Waals surface area contributed by atoms with E-state index >= 15 is 0 Å². The first-order chi connectivity index (χ1) is 13.2. The summed E-state index contributed by atoms with van der Waals surface area (Å²) in [5.41, 5.74) is 6.55. The highest BCUT2D eigenvalue weighted by Gasteiger charge is 2.29. The quantitative estimate of drug-likeness (QED) is 0.701. The van der Waals surface area contributed by atoms with Crippen molar-refractivity contribution in [2.24, 2.45) is 0 Å². The van der Waals surface area contributed by atoms with Gasteiger partial charge in [0.2, 0.25) is 0 Å². The minimum absolute atomic E-state index is 0.0103. The number of hydrogen-bond donors (Lipinski definition) is 1. The number of ether oxygens (including phenoxy) is 1. The van der Waals surface area contributed by atoms with Gasteiger partial charge in [-0.15, -0.1) is 0 Å². The smallest absolute Gasteiger partial charge is 0.411 e. The zero-order valence-corrected chi connectivity index (χ0v) is 14.9. The highest BCUT2D eigenvalue weighted by molar-refractivity contribution is 5.87. The number of fused-ring (bicyclic) bond motifs is 3. The van der Waals surface area contributed by atoms with Gasteiger partial charge in [0.15, 0.2) is 0 Å². The van der Waals surface area contributed by atoms with E-state index in [2.05, 4.69) is 35.7 Å². The predicted molar refractivity (Wildman–Crippen MR) is 105 cm³/mol. The number of hydrogen-bond acceptors (Lipinski definition) is 3. The minimum Gasteiger partial charge on any atom is -0.448 e. The maximum atomic E-state index is 12.3. The summed E-state index contributed by atoms with van der Waals surface area (Å²) in [4.78, 5) is 12.3. The van der Waals surface area contributed by atoms with Gasteiger partial charge in [-0.1, -0.05) is 54.6 Å². The number of rotatable bonds is 3. The normalized spacial score (nSPS) is 12.0. The molecule has 0 atom stereocenters. The zero-order valence-electron chi connectivity index (χ0n) is 14.9. The monoisotopic (exact) mass is 354 g/mol. The van der Waals surface area contributed by atoms with Crippen LogP contribution in [0.4, 0.5) is 10.5 Å². The maximum absolute atomic E-state index is 12.3. The number of amides is 1. The number of aryl methyl sites for hydroxylation is 1. The Morgan fingerprint density at radius 3 is 2.30 bits per heavy atom. The topological polar surface area (TPSA) is 62.1 Å². The highest BCUT2D eigenvalue weighted by atomic mass is 16.5. The van der Waals surface area contributed by atoms with Crippen molar-refractivity contribution in [3.63, 3.8) is 0 Å². The van der Waals surface area contributed by atoms with Crippen molar-refractivity contribution in [1.29, 1.82) is 5.26 Å². The fourth-order valence-corrected chi connectivity index (χ4v) is 3.60. The van der Waals surface area contributed by atoms with Gasteiger partial charge in [-0.05, 0) is 46.9 Å². The lowest BCUT2D eigenvalue weighted by Crippen LogP contribution is -2.18. The Morgan fingerprint density at radius 1 is 1.04 bits per heavy atom. The van der Waals surface area contributed by atoms with Gasteiger partial charge < -0.3 is 4.74 Å². The molecule has 3 aromatic carbocycles. The molecule has 0 heterocycles. The molecule has 0 spiro atoms. The first-order valence-electron chi connectivity index (χ1n) is 8.80. The van der Waals surface area contributed by atoms with Crippen LogP contribution in [0.3, 0.4) is 0 Å². The van der Waals surface area contributed by atoms with E-state index in [-0.39, 0.29) is 12.5 Å². The molecule has 27 heavy (non-hydrogen) atoms. The second kappa shape index (κ2) is 6.97. The molecule has 1 aliphatic rings. The predicted octanol–water partition coefficient (Wildman–Crippen LogP) is 5.23. The van der Waals surface area contributed by atoms with Crippen molar-refractivity contribution in [1.82, 2.24) is 0 Å². The Balaban J connectivity index is 1.52. The van der Waals surface area contributed by atoms with Crippen LogP contribution in [0.5, 0.6) is 0 Å². The number of nitrogens with one attached hydrogen (secondary N) is 1. The van der Waals surface area contributed by atoms with Gasteiger partial charge >= 0.3 is 6.09 Å². The summed E-state index contributed by atoms with van der Waals surface area (Å²) in [5, 5.41) is 11.9. The van der Waals surface area contributed by atoms with Gasteiger partial charge in [0, 0.05) is 5.92 Å². The molecular weight excluding hydrogens is 336 g/mol. The zero-order chi connectivity index (χ0) is 18.8. The summed E-state index contributed by atoms with van der Waals surface area (Å²) in [6.45, 7) is 2.15. The lowest BCUT2D eigenvalue weighted by atomic mass is 9.98.